The molecule has 100 valence electrons. The minimum Gasteiger partial charge on any atom is -0.374 e. The summed E-state index contributed by atoms with van der Waals surface area (Å²) in [5.74, 6) is 0. The van der Waals surface area contributed by atoms with Gasteiger partial charge in [-0.05, 0) is 48.2 Å². The van der Waals surface area contributed by atoms with E-state index >= 15 is 0 Å². The number of aryl methyl sites for hydroxylation is 1. The molecule has 0 amide bonds. The Morgan fingerprint density at radius 3 is 2.58 bits per heavy atom. The van der Waals surface area contributed by atoms with Crippen molar-refractivity contribution in [1.82, 2.24) is 4.98 Å². The summed E-state index contributed by atoms with van der Waals surface area (Å²) >= 11 is 0. The lowest BCUT2D eigenvalue weighted by Crippen LogP contribution is -2.22. The molecule has 0 atom stereocenters. The third-order valence-electron chi connectivity index (χ3n) is 3.36. The fourth-order valence-electron chi connectivity index (χ4n) is 2.17. The number of aromatic nitrogens is 1. The monoisotopic (exact) mass is 255 g/mol. The lowest BCUT2D eigenvalue weighted by atomic mass is 10.1. The van der Waals surface area contributed by atoms with Crippen molar-refractivity contribution in [3.8, 4) is 0 Å². The number of rotatable bonds is 5. The Bertz CT molecular complexity index is 523. The van der Waals surface area contributed by atoms with Crippen molar-refractivity contribution in [3.63, 3.8) is 0 Å². The molecule has 0 saturated carbocycles. The molecule has 0 aliphatic carbocycles. The highest BCUT2D eigenvalue weighted by atomic mass is 15.1. The second-order valence-corrected chi connectivity index (χ2v) is 4.86. The molecule has 2 rings (SSSR count). The molecule has 0 unspecified atom stereocenters. The van der Waals surface area contributed by atoms with Crippen molar-refractivity contribution in [3.05, 3.63) is 59.4 Å². The quantitative estimate of drug-likeness (QED) is 0.892. The van der Waals surface area contributed by atoms with Gasteiger partial charge in [-0.15, -0.1) is 0 Å². The van der Waals surface area contributed by atoms with Gasteiger partial charge in [-0.1, -0.05) is 12.1 Å². The zero-order valence-corrected chi connectivity index (χ0v) is 11.6. The normalized spacial score (nSPS) is 10.5. The molecule has 1 aromatic heterocycles. The maximum Gasteiger partial charge on any atom is 0.0411 e. The van der Waals surface area contributed by atoms with E-state index in [2.05, 4.69) is 54.2 Å². The van der Waals surface area contributed by atoms with Crippen LogP contribution in [-0.2, 0) is 13.0 Å². The van der Waals surface area contributed by atoms with Gasteiger partial charge < -0.3 is 10.6 Å². The standard InChI is InChI=1S/C16H21N3/c1-13-3-4-15(12-17)16(11-13)19(2)10-7-14-5-8-18-9-6-14/h3-6,8-9,11H,7,10,12,17H2,1-2H3. The van der Waals surface area contributed by atoms with Crippen molar-refractivity contribution >= 4 is 5.69 Å². The highest BCUT2D eigenvalue weighted by Gasteiger charge is 2.07. The van der Waals surface area contributed by atoms with Crippen LogP contribution in [0.25, 0.3) is 0 Å². The number of hydrogen-bond donors (Lipinski definition) is 1. The maximum atomic E-state index is 5.81. The number of nitrogens with two attached hydrogens (primary N) is 1. The summed E-state index contributed by atoms with van der Waals surface area (Å²) in [6, 6.07) is 10.6. The van der Waals surface area contributed by atoms with E-state index in [9.17, 15) is 0 Å². The molecule has 0 fully saturated rings. The van der Waals surface area contributed by atoms with E-state index in [4.69, 9.17) is 5.73 Å². The van der Waals surface area contributed by atoms with Gasteiger partial charge in [-0.3, -0.25) is 4.98 Å². The van der Waals surface area contributed by atoms with Gasteiger partial charge in [0.2, 0.25) is 0 Å². The molecule has 3 heteroatoms. The molecule has 1 heterocycles. The van der Waals surface area contributed by atoms with Gasteiger partial charge in [0.25, 0.3) is 0 Å². The van der Waals surface area contributed by atoms with Gasteiger partial charge >= 0.3 is 0 Å². The van der Waals surface area contributed by atoms with Crippen molar-refractivity contribution in [2.75, 3.05) is 18.5 Å². The lowest BCUT2D eigenvalue weighted by Gasteiger charge is -2.22. The summed E-state index contributed by atoms with van der Waals surface area (Å²) in [4.78, 5) is 6.31. The van der Waals surface area contributed by atoms with Gasteiger partial charge in [0.15, 0.2) is 0 Å². The topological polar surface area (TPSA) is 42.1 Å². The predicted molar refractivity (Wildman–Crippen MR) is 80.3 cm³/mol. The van der Waals surface area contributed by atoms with Crippen molar-refractivity contribution in [1.29, 1.82) is 0 Å². The molecular formula is C16H21N3. The number of benzene rings is 1. The van der Waals surface area contributed by atoms with Crippen LogP contribution >= 0.6 is 0 Å². The Morgan fingerprint density at radius 1 is 1.16 bits per heavy atom. The van der Waals surface area contributed by atoms with Crippen LogP contribution in [0.5, 0.6) is 0 Å². The molecular weight excluding hydrogens is 234 g/mol. The number of hydrogen-bond acceptors (Lipinski definition) is 3. The van der Waals surface area contributed by atoms with E-state index < -0.39 is 0 Å². The highest BCUT2D eigenvalue weighted by molar-refractivity contribution is 5.55. The molecule has 0 saturated heterocycles. The van der Waals surface area contributed by atoms with Crippen LogP contribution < -0.4 is 10.6 Å². The Kier molecular flexibility index (Phi) is 4.53. The summed E-state index contributed by atoms with van der Waals surface area (Å²) in [5.41, 5.74) is 10.8. The molecule has 2 N–H and O–H groups in total. The van der Waals surface area contributed by atoms with Crippen LogP contribution in [0.4, 0.5) is 5.69 Å². The van der Waals surface area contributed by atoms with Crippen LogP contribution in [0.1, 0.15) is 16.7 Å². The summed E-state index contributed by atoms with van der Waals surface area (Å²) in [5, 5.41) is 0. The fourth-order valence-corrected chi connectivity index (χ4v) is 2.17. The van der Waals surface area contributed by atoms with E-state index in [1.54, 1.807) is 0 Å². The zero-order valence-electron chi connectivity index (χ0n) is 11.6. The van der Waals surface area contributed by atoms with Crippen LogP contribution in [0.3, 0.4) is 0 Å². The first kappa shape index (κ1) is 13.6. The Morgan fingerprint density at radius 2 is 1.89 bits per heavy atom. The van der Waals surface area contributed by atoms with Crippen LogP contribution in [-0.4, -0.2) is 18.6 Å². The fraction of sp³-hybridized carbons (Fsp3) is 0.312. The first-order chi connectivity index (χ1) is 9.20. The van der Waals surface area contributed by atoms with Gasteiger partial charge in [-0.25, -0.2) is 0 Å². The number of anilines is 1. The minimum atomic E-state index is 0.579. The lowest BCUT2D eigenvalue weighted by molar-refractivity contribution is 0.863. The van der Waals surface area contributed by atoms with Crippen LogP contribution in [0, 0.1) is 6.92 Å². The summed E-state index contributed by atoms with van der Waals surface area (Å²) < 4.78 is 0. The van der Waals surface area contributed by atoms with E-state index in [0.717, 1.165) is 13.0 Å². The first-order valence-electron chi connectivity index (χ1n) is 6.60. The first-order valence-corrected chi connectivity index (χ1v) is 6.60. The smallest absolute Gasteiger partial charge is 0.0411 e. The second kappa shape index (κ2) is 6.34. The predicted octanol–water partition coefficient (Wildman–Crippen LogP) is 2.53. The molecule has 0 bridgehead atoms. The Labute approximate surface area is 115 Å². The average molecular weight is 255 g/mol. The molecule has 0 spiro atoms. The molecule has 0 aliphatic heterocycles. The summed E-state index contributed by atoms with van der Waals surface area (Å²) in [7, 11) is 2.12. The van der Waals surface area contributed by atoms with Crippen molar-refractivity contribution in [2.24, 2.45) is 5.73 Å². The Hall–Kier alpha value is -1.87. The summed E-state index contributed by atoms with van der Waals surface area (Å²) in [6.07, 6.45) is 4.69. The van der Waals surface area contributed by atoms with Gasteiger partial charge in [0, 0.05) is 38.2 Å². The largest absolute Gasteiger partial charge is 0.374 e. The van der Waals surface area contributed by atoms with Gasteiger partial charge in [-0.2, -0.15) is 0 Å². The van der Waals surface area contributed by atoms with E-state index in [1.165, 1.54) is 22.4 Å². The Balaban J connectivity index is 2.07. The minimum absolute atomic E-state index is 0.579. The number of pyridine rings is 1. The SMILES string of the molecule is Cc1ccc(CN)c(N(C)CCc2ccncc2)c1. The molecule has 3 nitrogen and oxygen atoms in total. The van der Waals surface area contributed by atoms with Crippen LogP contribution in [0.2, 0.25) is 0 Å². The van der Waals surface area contributed by atoms with Gasteiger partial charge in [0.1, 0.15) is 0 Å². The molecule has 0 aliphatic rings. The van der Waals surface area contributed by atoms with Crippen molar-refractivity contribution < 1.29 is 0 Å². The summed E-state index contributed by atoms with van der Waals surface area (Å²) in [6.45, 7) is 3.66. The number of likely N-dealkylation sites (N-methyl/N-ethyl adjacent to an activating group) is 1. The van der Waals surface area contributed by atoms with Crippen molar-refractivity contribution in [2.45, 2.75) is 19.9 Å². The van der Waals surface area contributed by atoms with E-state index in [0.29, 0.717) is 6.54 Å². The molecule has 1 aromatic carbocycles. The molecule has 0 radical (unpaired) electrons. The highest BCUT2D eigenvalue weighted by Crippen LogP contribution is 2.21. The van der Waals surface area contributed by atoms with E-state index in [1.807, 2.05) is 12.4 Å². The third kappa shape index (κ3) is 3.55. The van der Waals surface area contributed by atoms with E-state index in [-0.39, 0.29) is 0 Å². The third-order valence-corrected chi connectivity index (χ3v) is 3.36. The average Bonchev–Trinajstić information content (AvgIpc) is 2.46. The van der Waals surface area contributed by atoms with Gasteiger partial charge in [0.05, 0.1) is 0 Å². The van der Waals surface area contributed by atoms with Crippen LogP contribution in [0.15, 0.2) is 42.7 Å². The maximum absolute atomic E-state index is 5.81. The zero-order chi connectivity index (χ0) is 13.7. The number of nitrogens with zero attached hydrogens (tertiary/aromatic N) is 2. The second-order valence-electron chi connectivity index (χ2n) is 4.86. The molecule has 2 aromatic rings. The molecule has 19 heavy (non-hydrogen) atoms.